The number of carbonyl (C=O) groups is 14. The molecule has 0 rings (SSSR count). The predicted molar refractivity (Wildman–Crippen MR) is 394 cm³/mol. The van der Waals surface area contributed by atoms with Gasteiger partial charge in [0.05, 0.1) is 60.6 Å². The van der Waals surface area contributed by atoms with Gasteiger partial charge in [0, 0.05) is 54.1 Å². The van der Waals surface area contributed by atoms with Gasteiger partial charge in [-0.15, -0.1) is 0 Å². The molecular formula is C70H156O28. The van der Waals surface area contributed by atoms with Crippen LogP contribution in [0, 0.1) is 10.8 Å². The number of hydrogen-bond donors (Lipinski definition) is 2. The Morgan fingerprint density at radius 3 is 0.439 bits per heavy atom. The van der Waals surface area contributed by atoms with Gasteiger partial charge in [-0.05, 0) is 48.5 Å². The van der Waals surface area contributed by atoms with E-state index >= 15 is 0 Å². The molecule has 28 heteroatoms. The monoisotopic (exact) mass is 1450 g/mol. The van der Waals surface area contributed by atoms with Gasteiger partial charge in [-0.3, -0.25) is 38.4 Å². The zero-order valence-corrected chi connectivity index (χ0v) is 71.2. The van der Waals surface area contributed by atoms with Crippen LogP contribution in [0.3, 0.4) is 0 Å². The minimum atomic E-state index is -0.757. The van der Waals surface area contributed by atoms with Crippen LogP contribution >= 0.6 is 0 Å². The normalized spacial score (nSPS) is 7.26. The maximum atomic E-state index is 11.1. The highest BCUT2D eigenvalue weighted by atomic mass is 16.6. The number of aliphatic carboxylic acids is 1. The maximum Gasteiger partial charge on any atom is 0.344 e. The summed E-state index contributed by atoms with van der Waals surface area (Å²) in [5, 5.41) is 15.2. The molecule has 0 fully saturated rings. The van der Waals surface area contributed by atoms with Crippen molar-refractivity contribution in [2.24, 2.45) is 10.8 Å². The van der Waals surface area contributed by atoms with Crippen molar-refractivity contribution in [2.75, 3.05) is 89.9 Å². The van der Waals surface area contributed by atoms with Crippen LogP contribution in [0.25, 0.3) is 0 Å². The molecule has 0 saturated heterocycles. The molecular weight excluding hydrogens is 1290 g/mol. The Labute approximate surface area is 598 Å². The molecule has 0 radical (unpaired) electrons. The zero-order chi connectivity index (χ0) is 85.2. The average Bonchev–Trinajstić information content (AvgIpc) is 2.65. The summed E-state index contributed by atoms with van der Waals surface area (Å²) in [4.78, 5) is 142. The highest BCUT2D eigenvalue weighted by Gasteiger charge is 2.24. The van der Waals surface area contributed by atoms with E-state index < -0.39 is 76.5 Å². The predicted octanol–water partition coefficient (Wildman–Crippen LogP) is 14.8. The highest BCUT2D eigenvalue weighted by molar-refractivity contribution is 5.80. The molecule has 0 aromatic heterocycles. The molecule has 0 bridgehead atoms. The van der Waals surface area contributed by atoms with Crippen LogP contribution in [0.15, 0.2) is 0 Å². The van der Waals surface area contributed by atoms with Crippen molar-refractivity contribution >= 4 is 83.4 Å². The smallest absolute Gasteiger partial charge is 0.344 e. The summed E-state index contributed by atoms with van der Waals surface area (Å²) < 4.78 is 51.3. The van der Waals surface area contributed by atoms with Gasteiger partial charge in [-0.25, -0.2) is 24.0 Å². The standard InChI is InChI=1S/C8H14O4.4C5H8O4.C5H10O2.2C4H8O2.C4H8O.12C2H6.CH4O/c1-8(2,3)7(10)12-5-6(9)11-4;4*1-4(6)9-3-5(7)8-2;1-5(2,3)4(6)7;2*1-3-4(5)6-2;1-3-4(2)5;13*1-2/h5H2,1-4H3;4*3H2,1-2H3;1-3H3,(H,6,7);2*3H2,1-2H3;3H2,1-2H3;12*1-2H3;2H,1H3. The Bertz CT molecular complexity index is 1450. The van der Waals surface area contributed by atoms with Crippen molar-refractivity contribution in [2.45, 2.75) is 282 Å². The molecule has 0 aliphatic carbocycles. The Morgan fingerprint density at radius 2 is 0.378 bits per heavy atom. The summed E-state index contributed by atoms with van der Waals surface area (Å²) in [5.41, 5.74) is -1.16. The first-order valence-electron chi connectivity index (χ1n) is 33.2. The summed E-state index contributed by atoms with van der Waals surface area (Å²) in [6.45, 7) is 68.5. The van der Waals surface area contributed by atoms with E-state index in [9.17, 15) is 67.1 Å². The average molecular weight is 1450 g/mol. The summed E-state index contributed by atoms with van der Waals surface area (Å²) in [6, 6.07) is 0. The third-order valence-electron chi connectivity index (χ3n) is 5.82. The molecule has 98 heavy (non-hydrogen) atoms. The fourth-order valence-electron chi connectivity index (χ4n) is 1.57. The number of carbonyl (C=O) groups excluding carboxylic acids is 13. The molecule has 0 heterocycles. The number of rotatable bonds is 13. The number of aliphatic hydroxyl groups is 1. The van der Waals surface area contributed by atoms with Gasteiger partial charge in [-0.2, -0.15) is 0 Å². The first-order valence-corrected chi connectivity index (χ1v) is 33.2. The number of carboxylic acid groups (broad SMARTS) is 1. The Balaban J connectivity index is -0.0000000319. The minimum Gasteiger partial charge on any atom is -0.481 e. The van der Waals surface area contributed by atoms with Crippen LogP contribution in [0.2, 0.25) is 0 Å². The van der Waals surface area contributed by atoms with Gasteiger partial charge in [0.1, 0.15) is 5.78 Å². The summed E-state index contributed by atoms with van der Waals surface area (Å²) in [7, 11) is 9.92. The lowest BCUT2D eigenvalue weighted by Gasteiger charge is -2.15. The van der Waals surface area contributed by atoms with Crippen molar-refractivity contribution in [3.8, 4) is 0 Å². The molecule has 0 aromatic rings. The number of ketones is 1. The van der Waals surface area contributed by atoms with Crippen LogP contribution in [0.4, 0.5) is 0 Å². The molecule has 2 N–H and O–H groups in total. The van der Waals surface area contributed by atoms with E-state index in [1.807, 2.05) is 173 Å². The second kappa shape index (κ2) is 159. The van der Waals surface area contributed by atoms with Gasteiger partial charge in [0.15, 0.2) is 33.0 Å². The van der Waals surface area contributed by atoms with Crippen LogP contribution < -0.4 is 0 Å². The Hall–Kier alpha value is -7.26. The number of esters is 12. The van der Waals surface area contributed by atoms with Crippen molar-refractivity contribution in [1.82, 2.24) is 0 Å². The highest BCUT2D eigenvalue weighted by Crippen LogP contribution is 2.14. The Kier molecular flexibility index (Phi) is 250. The molecule has 0 amide bonds. The van der Waals surface area contributed by atoms with E-state index in [0.717, 1.165) is 7.11 Å². The lowest BCUT2D eigenvalue weighted by atomic mass is 9.97. The van der Waals surface area contributed by atoms with E-state index in [0.29, 0.717) is 19.3 Å². The molecule has 0 saturated carbocycles. The number of carboxylic acids is 1. The van der Waals surface area contributed by atoms with Gasteiger partial charge in [0.2, 0.25) is 0 Å². The first kappa shape index (κ1) is 155. The maximum absolute atomic E-state index is 11.1. The molecule has 0 atom stereocenters. The zero-order valence-electron chi connectivity index (χ0n) is 71.2. The van der Waals surface area contributed by atoms with E-state index in [2.05, 4.69) is 56.8 Å². The second-order valence-corrected chi connectivity index (χ2v) is 14.3. The van der Waals surface area contributed by atoms with Crippen LogP contribution in [-0.2, 0) is 124 Å². The molecule has 0 spiro atoms. The molecule has 0 aromatic carbocycles. The summed E-state index contributed by atoms with van der Waals surface area (Å²) in [5.74, 6) is -5.92. The first-order chi connectivity index (χ1) is 45.9. The number of methoxy groups -OCH3 is 7. The number of aliphatic hydroxyl groups excluding tert-OH is 1. The van der Waals surface area contributed by atoms with E-state index in [1.165, 1.54) is 77.5 Å². The van der Waals surface area contributed by atoms with Gasteiger partial charge in [-0.1, -0.05) is 187 Å². The summed E-state index contributed by atoms with van der Waals surface area (Å²) in [6.07, 6.45) is 1.60. The largest absolute Gasteiger partial charge is 0.481 e. The number of hydrogen-bond acceptors (Lipinski definition) is 27. The lowest BCUT2D eigenvalue weighted by Crippen LogP contribution is -2.25. The van der Waals surface area contributed by atoms with Crippen molar-refractivity contribution in [1.29, 1.82) is 0 Å². The van der Waals surface area contributed by atoms with E-state index in [-0.39, 0.29) is 50.8 Å². The molecule has 28 nitrogen and oxygen atoms in total. The Morgan fingerprint density at radius 1 is 0.255 bits per heavy atom. The van der Waals surface area contributed by atoms with Gasteiger partial charge >= 0.3 is 77.6 Å². The SMILES string of the molecule is CC.CC.CC.CC.CC.CC.CC.CC.CC.CC.CC.CC.CC(C)(C)C(=O)O.CCC(=O)OC.CCC(=O)OC.CCC(C)=O.CO.COC(=O)COC(=O)C(C)(C)C.COC(=O)COC(C)=O.COC(=O)COC(C)=O.COC(=O)COC(C)=O.COC(=O)COC(C)=O. The fraction of sp³-hybridized carbons (Fsp3) is 0.800. The fourth-order valence-corrected chi connectivity index (χ4v) is 1.57. The van der Waals surface area contributed by atoms with Crippen LogP contribution in [-0.4, -0.2) is 184 Å². The van der Waals surface area contributed by atoms with Crippen LogP contribution in [0.5, 0.6) is 0 Å². The van der Waals surface area contributed by atoms with E-state index in [4.69, 9.17) is 10.2 Å². The summed E-state index contributed by atoms with van der Waals surface area (Å²) >= 11 is 0. The van der Waals surface area contributed by atoms with Crippen molar-refractivity contribution in [3.05, 3.63) is 0 Å². The lowest BCUT2D eigenvalue weighted by molar-refractivity contribution is -0.162. The van der Waals surface area contributed by atoms with E-state index in [1.54, 1.807) is 62.3 Å². The van der Waals surface area contributed by atoms with Crippen molar-refractivity contribution < 1.29 is 134 Å². The van der Waals surface area contributed by atoms with Crippen LogP contribution in [0.1, 0.15) is 282 Å². The van der Waals surface area contributed by atoms with Gasteiger partial charge < -0.3 is 71.8 Å². The molecule has 0 unspecified atom stereocenters. The number of Topliss-reactive ketones (excluding diaryl/α,β-unsaturated/α-hetero) is 1. The quantitative estimate of drug-likeness (QED) is 0.128. The third-order valence-corrected chi connectivity index (χ3v) is 5.82. The second-order valence-electron chi connectivity index (χ2n) is 14.3. The van der Waals surface area contributed by atoms with Crippen molar-refractivity contribution in [3.63, 3.8) is 0 Å². The van der Waals surface area contributed by atoms with Gasteiger partial charge in [0.25, 0.3) is 0 Å². The minimum absolute atomic E-state index is 0.157. The number of ether oxygens (including phenoxy) is 12. The topological polar surface area (TPSA) is 390 Å². The molecule has 0 aliphatic rings. The molecule has 0 aliphatic heterocycles. The molecule has 604 valence electrons. The third kappa shape index (κ3) is 276.